The standard InChI is InChI=1S/C16H15N3O2/c17-14-8-6-13(7-9-14)15(20)19-16(21)18-11-10-12-4-2-1-3-5-12/h1-11H,17H2,(H2,18,19,20,21)/b11-10+. The van der Waals surface area contributed by atoms with Crippen molar-refractivity contribution in [3.8, 4) is 0 Å². The van der Waals surface area contributed by atoms with Crippen LogP contribution in [0.4, 0.5) is 10.5 Å². The summed E-state index contributed by atoms with van der Waals surface area (Å²) in [6.45, 7) is 0. The first-order chi connectivity index (χ1) is 10.1. The van der Waals surface area contributed by atoms with Crippen LogP contribution in [-0.2, 0) is 0 Å². The normalized spacial score (nSPS) is 10.3. The number of hydrogen-bond donors (Lipinski definition) is 3. The van der Waals surface area contributed by atoms with Crippen LogP contribution in [0.3, 0.4) is 0 Å². The Labute approximate surface area is 122 Å². The molecule has 0 fully saturated rings. The van der Waals surface area contributed by atoms with Gasteiger partial charge in [-0.2, -0.15) is 0 Å². The maximum atomic E-state index is 11.8. The molecule has 106 valence electrons. The van der Waals surface area contributed by atoms with Crippen molar-refractivity contribution >= 4 is 23.7 Å². The van der Waals surface area contributed by atoms with Crippen molar-refractivity contribution in [1.82, 2.24) is 10.6 Å². The van der Waals surface area contributed by atoms with E-state index >= 15 is 0 Å². The zero-order valence-electron chi connectivity index (χ0n) is 11.2. The molecule has 0 saturated carbocycles. The Morgan fingerprint density at radius 1 is 0.952 bits per heavy atom. The Kier molecular flexibility index (Phi) is 4.71. The largest absolute Gasteiger partial charge is 0.399 e. The smallest absolute Gasteiger partial charge is 0.325 e. The highest BCUT2D eigenvalue weighted by molar-refractivity contribution is 6.04. The molecule has 4 N–H and O–H groups in total. The van der Waals surface area contributed by atoms with Crippen molar-refractivity contribution in [2.45, 2.75) is 0 Å². The van der Waals surface area contributed by atoms with Crippen LogP contribution in [0.25, 0.3) is 6.08 Å². The second-order valence-electron chi connectivity index (χ2n) is 4.29. The van der Waals surface area contributed by atoms with Gasteiger partial charge in [-0.3, -0.25) is 10.1 Å². The molecular weight excluding hydrogens is 266 g/mol. The molecule has 3 amide bonds. The highest BCUT2D eigenvalue weighted by Crippen LogP contribution is 2.05. The van der Waals surface area contributed by atoms with E-state index in [0.717, 1.165) is 5.56 Å². The molecular formula is C16H15N3O2. The summed E-state index contributed by atoms with van der Waals surface area (Å²) in [6, 6.07) is 15.2. The lowest BCUT2D eigenvalue weighted by molar-refractivity contribution is 0.0965. The number of hydrogen-bond acceptors (Lipinski definition) is 3. The fourth-order valence-corrected chi connectivity index (χ4v) is 1.62. The first-order valence-electron chi connectivity index (χ1n) is 6.34. The number of rotatable bonds is 3. The number of carbonyl (C=O) groups is 2. The Morgan fingerprint density at radius 3 is 2.29 bits per heavy atom. The summed E-state index contributed by atoms with van der Waals surface area (Å²) in [6.07, 6.45) is 3.20. The minimum absolute atomic E-state index is 0.367. The van der Waals surface area contributed by atoms with Crippen molar-refractivity contribution < 1.29 is 9.59 Å². The third-order valence-electron chi connectivity index (χ3n) is 2.69. The molecule has 0 radical (unpaired) electrons. The molecule has 21 heavy (non-hydrogen) atoms. The molecule has 0 bridgehead atoms. The van der Waals surface area contributed by atoms with E-state index in [4.69, 9.17) is 5.73 Å². The number of imide groups is 1. The summed E-state index contributed by atoms with van der Waals surface area (Å²) in [5, 5.41) is 4.69. The fraction of sp³-hybridized carbons (Fsp3) is 0. The van der Waals surface area contributed by atoms with Crippen LogP contribution in [0.2, 0.25) is 0 Å². The fourth-order valence-electron chi connectivity index (χ4n) is 1.62. The van der Waals surface area contributed by atoms with Gasteiger partial charge >= 0.3 is 6.03 Å². The van der Waals surface area contributed by atoms with Gasteiger partial charge in [-0.1, -0.05) is 30.3 Å². The summed E-state index contributed by atoms with van der Waals surface area (Å²) in [4.78, 5) is 23.3. The second-order valence-corrected chi connectivity index (χ2v) is 4.29. The lowest BCUT2D eigenvalue weighted by Gasteiger charge is -2.03. The monoisotopic (exact) mass is 281 g/mol. The van der Waals surface area contributed by atoms with E-state index in [1.165, 1.54) is 6.20 Å². The lowest BCUT2D eigenvalue weighted by Crippen LogP contribution is -2.36. The van der Waals surface area contributed by atoms with Crippen LogP contribution >= 0.6 is 0 Å². The van der Waals surface area contributed by atoms with Gasteiger partial charge in [0, 0.05) is 17.5 Å². The quantitative estimate of drug-likeness (QED) is 0.755. The highest BCUT2D eigenvalue weighted by Gasteiger charge is 2.08. The molecule has 2 rings (SSSR count). The number of amides is 3. The topological polar surface area (TPSA) is 84.2 Å². The molecule has 0 aliphatic rings. The average molecular weight is 281 g/mol. The predicted molar refractivity (Wildman–Crippen MR) is 82.3 cm³/mol. The first kappa shape index (κ1) is 14.3. The molecule has 0 aliphatic carbocycles. The minimum Gasteiger partial charge on any atom is -0.399 e. The van der Waals surface area contributed by atoms with Gasteiger partial charge in [0.15, 0.2) is 0 Å². The van der Waals surface area contributed by atoms with Gasteiger partial charge in [-0.05, 0) is 35.9 Å². The van der Waals surface area contributed by atoms with E-state index in [1.807, 2.05) is 30.3 Å². The van der Waals surface area contributed by atoms with Crippen molar-refractivity contribution in [3.63, 3.8) is 0 Å². The summed E-state index contributed by atoms with van der Waals surface area (Å²) < 4.78 is 0. The maximum Gasteiger partial charge on any atom is 0.325 e. The van der Waals surface area contributed by atoms with Gasteiger partial charge in [0.25, 0.3) is 5.91 Å². The Bertz CT molecular complexity index is 649. The Balaban J connectivity index is 1.86. The number of benzene rings is 2. The zero-order valence-corrected chi connectivity index (χ0v) is 11.2. The number of carbonyl (C=O) groups excluding carboxylic acids is 2. The lowest BCUT2D eigenvalue weighted by atomic mass is 10.2. The van der Waals surface area contributed by atoms with Gasteiger partial charge in [0.2, 0.25) is 0 Å². The molecule has 0 atom stereocenters. The molecule has 2 aromatic carbocycles. The van der Waals surface area contributed by atoms with Gasteiger partial charge in [0.1, 0.15) is 0 Å². The van der Waals surface area contributed by atoms with Gasteiger partial charge in [-0.25, -0.2) is 4.79 Å². The highest BCUT2D eigenvalue weighted by atomic mass is 16.2. The molecule has 5 heteroatoms. The van der Waals surface area contributed by atoms with E-state index in [1.54, 1.807) is 30.3 Å². The zero-order chi connectivity index (χ0) is 15.1. The summed E-state index contributed by atoms with van der Waals surface area (Å²) in [7, 11) is 0. The minimum atomic E-state index is -0.594. The number of nitrogen functional groups attached to an aromatic ring is 1. The van der Waals surface area contributed by atoms with Crippen molar-refractivity contribution in [2.24, 2.45) is 0 Å². The number of anilines is 1. The van der Waals surface area contributed by atoms with Gasteiger partial charge in [0.05, 0.1) is 0 Å². The molecule has 5 nitrogen and oxygen atoms in total. The van der Waals surface area contributed by atoms with E-state index < -0.39 is 11.9 Å². The molecule has 0 unspecified atom stereocenters. The number of urea groups is 1. The summed E-state index contributed by atoms with van der Waals surface area (Å²) >= 11 is 0. The maximum absolute atomic E-state index is 11.8. The van der Waals surface area contributed by atoms with E-state index in [9.17, 15) is 9.59 Å². The predicted octanol–water partition coefficient (Wildman–Crippen LogP) is 2.38. The van der Waals surface area contributed by atoms with E-state index in [0.29, 0.717) is 11.3 Å². The third kappa shape index (κ3) is 4.50. The Hall–Kier alpha value is -3.08. The van der Waals surface area contributed by atoms with Crippen LogP contribution in [0.5, 0.6) is 0 Å². The molecule has 2 aromatic rings. The molecule has 0 spiro atoms. The van der Waals surface area contributed by atoms with Crippen molar-refractivity contribution in [2.75, 3.05) is 5.73 Å². The van der Waals surface area contributed by atoms with Gasteiger partial charge in [-0.15, -0.1) is 0 Å². The van der Waals surface area contributed by atoms with Crippen LogP contribution in [0.1, 0.15) is 15.9 Å². The number of nitrogens with two attached hydrogens (primary N) is 1. The van der Waals surface area contributed by atoms with Crippen molar-refractivity contribution in [1.29, 1.82) is 0 Å². The SMILES string of the molecule is Nc1ccc(C(=O)NC(=O)N/C=C/c2ccccc2)cc1. The van der Waals surface area contributed by atoms with Crippen LogP contribution in [-0.4, -0.2) is 11.9 Å². The molecule has 0 aromatic heterocycles. The van der Waals surface area contributed by atoms with Crippen LogP contribution in [0.15, 0.2) is 60.8 Å². The average Bonchev–Trinajstić information content (AvgIpc) is 2.49. The van der Waals surface area contributed by atoms with E-state index in [-0.39, 0.29) is 0 Å². The summed E-state index contributed by atoms with van der Waals surface area (Å²) in [5.74, 6) is -0.486. The van der Waals surface area contributed by atoms with Crippen LogP contribution in [0, 0.1) is 0 Å². The molecule has 0 heterocycles. The second kappa shape index (κ2) is 6.91. The number of nitrogens with one attached hydrogen (secondary N) is 2. The molecule has 0 saturated heterocycles. The first-order valence-corrected chi connectivity index (χ1v) is 6.34. The molecule has 0 aliphatic heterocycles. The van der Waals surface area contributed by atoms with Crippen LogP contribution < -0.4 is 16.4 Å². The summed E-state index contributed by atoms with van der Waals surface area (Å²) in [5.41, 5.74) is 7.40. The third-order valence-corrected chi connectivity index (χ3v) is 2.69. The van der Waals surface area contributed by atoms with Gasteiger partial charge < -0.3 is 11.1 Å². The van der Waals surface area contributed by atoms with Crippen molar-refractivity contribution in [3.05, 3.63) is 71.9 Å². The van der Waals surface area contributed by atoms with E-state index in [2.05, 4.69) is 10.6 Å². The Morgan fingerprint density at radius 2 is 1.62 bits per heavy atom.